The smallest absolute Gasteiger partial charge is 0.258 e. The zero-order chi connectivity index (χ0) is 15.1. The number of fused-ring (bicyclic) bond motifs is 2. The minimum Gasteiger partial charge on any atom is -0.258 e. The lowest BCUT2D eigenvalue weighted by Gasteiger charge is -2.07. The van der Waals surface area contributed by atoms with Crippen LogP contribution in [0.25, 0.3) is 21.8 Å². The Morgan fingerprint density at radius 3 is 2.71 bits per heavy atom. The first-order valence-corrected chi connectivity index (χ1v) is 7.24. The molecule has 5 nitrogen and oxygen atoms in total. The molecule has 0 aliphatic heterocycles. The number of nitriles is 1. The van der Waals surface area contributed by atoms with Crippen LogP contribution >= 0.6 is 34.2 Å². The average molecular weight is 410 g/mol. The van der Waals surface area contributed by atoms with Crippen molar-refractivity contribution in [1.29, 1.82) is 5.26 Å². The lowest BCUT2D eigenvalue weighted by molar-refractivity contribution is -0.384. The molecule has 1 heterocycles. The number of pyridine rings is 1. The number of nitrogens with zero attached hydrogens (tertiary/aromatic N) is 3. The third kappa shape index (κ3) is 2.28. The summed E-state index contributed by atoms with van der Waals surface area (Å²) < 4.78 is 0.775. The fourth-order valence-corrected chi connectivity index (χ4v) is 3.17. The number of halogens is 2. The van der Waals surface area contributed by atoms with Gasteiger partial charge in [0.2, 0.25) is 0 Å². The molecule has 0 spiro atoms. The molecule has 0 saturated carbocycles. The first-order chi connectivity index (χ1) is 10.0. The minimum absolute atomic E-state index is 0.0333. The Kier molecular flexibility index (Phi) is 3.39. The summed E-state index contributed by atoms with van der Waals surface area (Å²) in [5.41, 5.74) is 1.56. The number of hydrogen-bond acceptors (Lipinski definition) is 4. The van der Waals surface area contributed by atoms with Crippen molar-refractivity contribution in [3.8, 4) is 6.07 Å². The van der Waals surface area contributed by atoms with Crippen LogP contribution in [0.1, 0.15) is 5.56 Å². The molecular weight excluding hydrogens is 405 g/mol. The van der Waals surface area contributed by atoms with Gasteiger partial charge in [0.05, 0.1) is 32.6 Å². The number of benzene rings is 2. The van der Waals surface area contributed by atoms with E-state index in [0.29, 0.717) is 32.4 Å². The molecule has 1 aromatic heterocycles. The first-order valence-electron chi connectivity index (χ1n) is 5.78. The number of aromatic nitrogens is 1. The quantitative estimate of drug-likeness (QED) is 0.258. The van der Waals surface area contributed by atoms with E-state index in [0.717, 1.165) is 3.57 Å². The van der Waals surface area contributed by atoms with Gasteiger partial charge in [-0.05, 0) is 40.8 Å². The summed E-state index contributed by atoms with van der Waals surface area (Å²) in [6.45, 7) is 0. The summed E-state index contributed by atoms with van der Waals surface area (Å²) >= 11 is 8.46. The van der Waals surface area contributed by atoms with Crippen molar-refractivity contribution >= 4 is 61.7 Å². The zero-order valence-corrected chi connectivity index (χ0v) is 13.2. The molecule has 21 heavy (non-hydrogen) atoms. The van der Waals surface area contributed by atoms with E-state index >= 15 is 0 Å². The lowest BCUT2D eigenvalue weighted by Crippen LogP contribution is -1.92. The van der Waals surface area contributed by atoms with E-state index in [-0.39, 0.29) is 5.69 Å². The van der Waals surface area contributed by atoms with Crippen molar-refractivity contribution in [2.75, 3.05) is 0 Å². The molecule has 0 aliphatic rings. The number of rotatable bonds is 1. The molecule has 0 saturated heterocycles. The fraction of sp³-hybridized carbons (Fsp3) is 0. The van der Waals surface area contributed by atoms with Crippen molar-refractivity contribution in [3.63, 3.8) is 0 Å². The van der Waals surface area contributed by atoms with Gasteiger partial charge < -0.3 is 0 Å². The monoisotopic (exact) mass is 409 g/mol. The molecule has 0 bridgehead atoms. The second-order valence-corrected chi connectivity index (χ2v) is 5.89. The number of hydrogen-bond donors (Lipinski definition) is 0. The standard InChI is InChI=1S/C14H5ClIN3O2/c15-13-9-2-1-8(19(20)21)5-12(9)18-14-10(13)3-7(6-17)4-11(14)16/h1-5H. The van der Waals surface area contributed by atoms with Crippen LogP contribution in [-0.2, 0) is 0 Å². The van der Waals surface area contributed by atoms with E-state index in [2.05, 4.69) is 33.6 Å². The van der Waals surface area contributed by atoms with Crippen molar-refractivity contribution < 1.29 is 4.92 Å². The van der Waals surface area contributed by atoms with E-state index in [9.17, 15) is 10.1 Å². The van der Waals surface area contributed by atoms with Crippen molar-refractivity contribution in [2.45, 2.75) is 0 Å². The van der Waals surface area contributed by atoms with Gasteiger partial charge >= 0.3 is 0 Å². The average Bonchev–Trinajstić information content (AvgIpc) is 2.47. The highest BCUT2D eigenvalue weighted by molar-refractivity contribution is 14.1. The Bertz CT molecular complexity index is 966. The second-order valence-electron chi connectivity index (χ2n) is 4.35. The summed E-state index contributed by atoms with van der Waals surface area (Å²) in [6.07, 6.45) is 0. The van der Waals surface area contributed by atoms with E-state index in [1.54, 1.807) is 18.2 Å². The third-order valence-electron chi connectivity index (χ3n) is 3.09. The van der Waals surface area contributed by atoms with Crippen LogP contribution in [0.5, 0.6) is 0 Å². The molecule has 102 valence electrons. The van der Waals surface area contributed by atoms with E-state index in [4.69, 9.17) is 16.9 Å². The number of nitro benzene ring substituents is 1. The molecule has 0 N–H and O–H groups in total. The lowest BCUT2D eigenvalue weighted by atomic mass is 10.1. The molecule has 0 aliphatic carbocycles. The molecule has 3 aromatic rings. The van der Waals surface area contributed by atoms with Gasteiger partial charge in [-0.15, -0.1) is 0 Å². The van der Waals surface area contributed by atoms with Crippen LogP contribution in [0.4, 0.5) is 5.69 Å². The topological polar surface area (TPSA) is 79.8 Å². The summed E-state index contributed by atoms with van der Waals surface area (Å²) in [7, 11) is 0. The Hall–Kier alpha value is -1.98. The van der Waals surface area contributed by atoms with Crippen molar-refractivity contribution in [2.24, 2.45) is 0 Å². The van der Waals surface area contributed by atoms with E-state index in [1.165, 1.54) is 12.1 Å². The highest BCUT2D eigenvalue weighted by atomic mass is 127. The second kappa shape index (κ2) is 5.09. The van der Waals surface area contributed by atoms with Crippen LogP contribution in [0.15, 0.2) is 30.3 Å². The predicted octanol–water partition coefficient (Wildman–Crippen LogP) is 4.43. The van der Waals surface area contributed by atoms with Crippen LogP contribution < -0.4 is 0 Å². The van der Waals surface area contributed by atoms with Crippen molar-refractivity contribution in [3.05, 3.63) is 54.6 Å². The highest BCUT2D eigenvalue weighted by Gasteiger charge is 2.14. The van der Waals surface area contributed by atoms with Crippen LogP contribution in [0, 0.1) is 25.0 Å². The molecule has 0 radical (unpaired) electrons. The predicted molar refractivity (Wildman–Crippen MR) is 88.3 cm³/mol. The summed E-state index contributed by atoms with van der Waals surface area (Å²) in [6, 6.07) is 9.82. The number of nitro groups is 1. The minimum atomic E-state index is -0.469. The fourth-order valence-electron chi connectivity index (χ4n) is 2.12. The van der Waals surface area contributed by atoms with Crippen LogP contribution in [0.2, 0.25) is 5.02 Å². The zero-order valence-electron chi connectivity index (χ0n) is 10.3. The van der Waals surface area contributed by atoms with E-state index in [1.807, 2.05) is 0 Å². The third-order valence-corrected chi connectivity index (χ3v) is 4.32. The van der Waals surface area contributed by atoms with E-state index < -0.39 is 4.92 Å². The molecule has 0 unspecified atom stereocenters. The van der Waals surface area contributed by atoms with Gasteiger partial charge in [0.15, 0.2) is 0 Å². The molecule has 0 atom stereocenters. The van der Waals surface area contributed by atoms with Crippen LogP contribution in [0.3, 0.4) is 0 Å². The normalized spacial score (nSPS) is 10.7. The molecular formula is C14H5ClIN3O2. The van der Waals surface area contributed by atoms with Gasteiger partial charge in [0.1, 0.15) is 0 Å². The Labute approximate surface area is 137 Å². The summed E-state index contributed by atoms with van der Waals surface area (Å²) in [5.74, 6) is 0. The van der Waals surface area contributed by atoms with Gasteiger partial charge in [0.25, 0.3) is 5.69 Å². The maximum Gasteiger partial charge on any atom is 0.271 e. The van der Waals surface area contributed by atoms with Crippen molar-refractivity contribution in [1.82, 2.24) is 4.98 Å². The maximum atomic E-state index is 10.9. The molecule has 7 heteroatoms. The molecule has 0 fully saturated rings. The highest BCUT2D eigenvalue weighted by Crippen LogP contribution is 2.34. The van der Waals surface area contributed by atoms with Gasteiger partial charge in [-0.3, -0.25) is 10.1 Å². The largest absolute Gasteiger partial charge is 0.271 e. The van der Waals surface area contributed by atoms with Gasteiger partial charge in [-0.1, -0.05) is 11.6 Å². The summed E-state index contributed by atoms with van der Waals surface area (Å²) in [4.78, 5) is 14.8. The SMILES string of the molecule is N#Cc1cc(I)c2nc3cc([N+](=O)[O-])ccc3c(Cl)c2c1. The molecule has 2 aromatic carbocycles. The molecule has 0 amide bonds. The van der Waals surface area contributed by atoms with Gasteiger partial charge in [0, 0.05) is 26.5 Å². The Morgan fingerprint density at radius 2 is 2.05 bits per heavy atom. The Morgan fingerprint density at radius 1 is 1.29 bits per heavy atom. The molecule has 3 rings (SSSR count). The van der Waals surface area contributed by atoms with Gasteiger partial charge in [-0.25, -0.2) is 4.98 Å². The maximum absolute atomic E-state index is 10.9. The van der Waals surface area contributed by atoms with Gasteiger partial charge in [-0.2, -0.15) is 5.26 Å². The van der Waals surface area contributed by atoms with Crippen LogP contribution in [-0.4, -0.2) is 9.91 Å². The summed E-state index contributed by atoms with van der Waals surface area (Å²) in [5, 5.41) is 21.6. The first kappa shape index (κ1) is 14.0. The number of non-ortho nitro benzene ring substituents is 1. The Balaban J connectivity index is 2.46.